The van der Waals surface area contributed by atoms with Crippen molar-refractivity contribution in [2.24, 2.45) is 11.8 Å². The van der Waals surface area contributed by atoms with Gasteiger partial charge in [0.05, 0.1) is 5.56 Å². The third-order valence-electron chi connectivity index (χ3n) is 4.45. The predicted molar refractivity (Wildman–Crippen MR) is 80.8 cm³/mol. The number of carbonyl (C=O) groups is 2. The number of hydrogen-bond donors (Lipinski definition) is 1. The second-order valence-corrected chi connectivity index (χ2v) is 6.03. The molecule has 1 aromatic rings. The molecule has 1 aliphatic carbocycles. The number of carbonyl (C=O) groups excluding carboxylic acids is 2. The van der Waals surface area contributed by atoms with Crippen LogP contribution in [-0.4, -0.2) is 24.5 Å². The first-order valence-electron chi connectivity index (χ1n) is 7.69. The van der Waals surface area contributed by atoms with Gasteiger partial charge in [0.25, 0.3) is 5.91 Å². The molecule has 1 fully saturated rings. The Morgan fingerprint density at radius 2 is 2.09 bits per heavy atom. The third-order valence-corrected chi connectivity index (χ3v) is 4.45. The van der Waals surface area contributed by atoms with Crippen LogP contribution in [0.3, 0.4) is 0 Å². The van der Waals surface area contributed by atoms with E-state index in [-0.39, 0.29) is 24.1 Å². The highest BCUT2D eigenvalue weighted by Crippen LogP contribution is 2.29. The molecule has 0 bridgehead atoms. The van der Waals surface area contributed by atoms with E-state index in [1.165, 1.54) is 24.6 Å². The fourth-order valence-electron chi connectivity index (χ4n) is 2.86. The van der Waals surface area contributed by atoms with Gasteiger partial charge >= 0.3 is 5.97 Å². The Hall–Kier alpha value is -1.91. The molecule has 0 heterocycles. The summed E-state index contributed by atoms with van der Waals surface area (Å²) in [5.41, 5.74) is 0.104. The van der Waals surface area contributed by atoms with Crippen LogP contribution in [0.5, 0.6) is 0 Å². The van der Waals surface area contributed by atoms with Crippen LogP contribution in [0.1, 0.15) is 43.5 Å². The van der Waals surface area contributed by atoms with Crippen LogP contribution in [0.4, 0.5) is 4.39 Å². The summed E-state index contributed by atoms with van der Waals surface area (Å²) in [6.45, 7) is 3.98. The molecule has 0 aliphatic heterocycles. The molecule has 0 radical (unpaired) electrons. The molecule has 1 aromatic carbocycles. The number of nitrogens with one attached hydrogen (secondary N) is 1. The lowest BCUT2D eigenvalue weighted by Crippen LogP contribution is -2.45. The Morgan fingerprint density at radius 3 is 2.82 bits per heavy atom. The zero-order valence-electron chi connectivity index (χ0n) is 13.0. The standard InChI is InChI=1S/C17H22FNO3/c1-11-5-3-8-15(12(11)2)19-16(20)10-22-17(21)13-6-4-7-14(18)9-13/h4,6-7,9,11-12,15H,3,5,8,10H2,1-2H3,(H,19,20)/t11-,12+,15-/m1/s1. The van der Waals surface area contributed by atoms with Gasteiger partial charge in [0.15, 0.2) is 6.61 Å². The van der Waals surface area contributed by atoms with Gasteiger partial charge in [-0.3, -0.25) is 4.79 Å². The quantitative estimate of drug-likeness (QED) is 0.870. The van der Waals surface area contributed by atoms with Crippen LogP contribution >= 0.6 is 0 Å². The van der Waals surface area contributed by atoms with Gasteiger partial charge < -0.3 is 10.1 Å². The molecule has 1 aliphatic rings. The number of rotatable bonds is 4. The van der Waals surface area contributed by atoms with Gasteiger partial charge in [-0.2, -0.15) is 0 Å². The van der Waals surface area contributed by atoms with E-state index in [4.69, 9.17) is 4.74 Å². The first kappa shape index (κ1) is 16.5. The molecule has 4 nitrogen and oxygen atoms in total. The number of hydrogen-bond acceptors (Lipinski definition) is 3. The Balaban J connectivity index is 1.81. The molecule has 120 valence electrons. The number of benzene rings is 1. The first-order valence-corrected chi connectivity index (χ1v) is 7.69. The van der Waals surface area contributed by atoms with E-state index in [1.807, 2.05) is 0 Å². The summed E-state index contributed by atoms with van der Waals surface area (Å²) in [5, 5.41) is 2.93. The van der Waals surface area contributed by atoms with Crippen molar-refractivity contribution in [2.45, 2.75) is 39.2 Å². The Labute approximate surface area is 130 Å². The lowest BCUT2D eigenvalue weighted by atomic mass is 9.78. The molecular formula is C17H22FNO3. The number of esters is 1. The van der Waals surface area contributed by atoms with Crippen molar-refractivity contribution in [1.82, 2.24) is 5.32 Å². The fraction of sp³-hybridized carbons (Fsp3) is 0.529. The molecule has 1 amide bonds. The van der Waals surface area contributed by atoms with Crippen LogP contribution in [0.25, 0.3) is 0 Å². The van der Waals surface area contributed by atoms with Gasteiger partial charge in [-0.15, -0.1) is 0 Å². The monoisotopic (exact) mass is 307 g/mol. The van der Waals surface area contributed by atoms with E-state index in [0.29, 0.717) is 11.8 Å². The Bertz CT molecular complexity index is 546. The van der Waals surface area contributed by atoms with Crippen molar-refractivity contribution in [3.8, 4) is 0 Å². The Kier molecular flexibility index (Phi) is 5.52. The summed E-state index contributed by atoms with van der Waals surface area (Å²) in [6.07, 6.45) is 3.23. The zero-order valence-corrected chi connectivity index (χ0v) is 13.0. The predicted octanol–water partition coefficient (Wildman–Crippen LogP) is 2.92. The summed E-state index contributed by atoms with van der Waals surface area (Å²) >= 11 is 0. The van der Waals surface area contributed by atoms with Gasteiger partial charge in [0.1, 0.15) is 5.82 Å². The minimum Gasteiger partial charge on any atom is -0.452 e. The number of halogens is 1. The minimum atomic E-state index is -0.695. The highest BCUT2D eigenvalue weighted by atomic mass is 19.1. The van der Waals surface area contributed by atoms with Crippen molar-refractivity contribution in [2.75, 3.05) is 6.61 Å². The largest absolute Gasteiger partial charge is 0.452 e. The van der Waals surface area contributed by atoms with Gasteiger partial charge in [0.2, 0.25) is 0 Å². The molecule has 1 saturated carbocycles. The van der Waals surface area contributed by atoms with Gasteiger partial charge in [-0.05, 0) is 36.5 Å². The summed E-state index contributed by atoms with van der Waals surface area (Å²) in [7, 11) is 0. The minimum absolute atomic E-state index is 0.104. The lowest BCUT2D eigenvalue weighted by molar-refractivity contribution is -0.125. The van der Waals surface area contributed by atoms with E-state index in [2.05, 4.69) is 19.2 Å². The van der Waals surface area contributed by atoms with Crippen molar-refractivity contribution in [3.63, 3.8) is 0 Å². The average molecular weight is 307 g/mol. The van der Waals surface area contributed by atoms with Crippen LogP contribution in [0.15, 0.2) is 24.3 Å². The second kappa shape index (κ2) is 7.38. The second-order valence-electron chi connectivity index (χ2n) is 6.03. The first-order chi connectivity index (χ1) is 10.5. The number of amides is 1. The Morgan fingerprint density at radius 1 is 1.32 bits per heavy atom. The molecule has 2 rings (SSSR count). The summed E-state index contributed by atoms with van der Waals surface area (Å²) in [4.78, 5) is 23.6. The van der Waals surface area contributed by atoms with E-state index >= 15 is 0 Å². The van der Waals surface area contributed by atoms with Crippen LogP contribution in [0.2, 0.25) is 0 Å². The molecule has 0 saturated heterocycles. The molecule has 0 aromatic heterocycles. The van der Waals surface area contributed by atoms with E-state index in [1.54, 1.807) is 0 Å². The van der Waals surface area contributed by atoms with Crippen molar-refractivity contribution >= 4 is 11.9 Å². The molecule has 5 heteroatoms. The van der Waals surface area contributed by atoms with E-state index in [0.717, 1.165) is 18.9 Å². The zero-order chi connectivity index (χ0) is 16.1. The maximum absolute atomic E-state index is 13.0. The molecule has 0 unspecified atom stereocenters. The molecule has 3 atom stereocenters. The summed E-state index contributed by atoms with van der Waals surface area (Å²) < 4.78 is 18.0. The van der Waals surface area contributed by atoms with Gasteiger partial charge in [0, 0.05) is 6.04 Å². The molecule has 0 spiro atoms. The maximum atomic E-state index is 13.0. The van der Waals surface area contributed by atoms with Crippen molar-refractivity contribution in [3.05, 3.63) is 35.6 Å². The molecule has 22 heavy (non-hydrogen) atoms. The topological polar surface area (TPSA) is 55.4 Å². The fourth-order valence-corrected chi connectivity index (χ4v) is 2.86. The molecular weight excluding hydrogens is 285 g/mol. The highest BCUT2D eigenvalue weighted by Gasteiger charge is 2.28. The smallest absolute Gasteiger partial charge is 0.338 e. The van der Waals surface area contributed by atoms with Crippen molar-refractivity contribution in [1.29, 1.82) is 0 Å². The maximum Gasteiger partial charge on any atom is 0.338 e. The van der Waals surface area contributed by atoms with Crippen molar-refractivity contribution < 1.29 is 18.7 Å². The van der Waals surface area contributed by atoms with Gasteiger partial charge in [-0.1, -0.05) is 32.8 Å². The van der Waals surface area contributed by atoms with E-state index in [9.17, 15) is 14.0 Å². The van der Waals surface area contributed by atoms with Gasteiger partial charge in [-0.25, -0.2) is 9.18 Å². The third kappa shape index (κ3) is 4.29. The van der Waals surface area contributed by atoms with E-state index < -0.39 is 11.8 Å². The summed E-state index contributed by atoms with van der Waals surface area (Å²) in [5.74, 6) is -0.523. The lowest BCUT2D eigenvalue weighted by Gasteiger charge is -2.34. The van der Waals surface area contributed by atoms with Crippen LogP contribution in [0, 0.1) is 17.7 Å². The highest BCUT2D eigenvalue weighted by molar-refractivity contribution is 5.91. The number of ether oxygens (including phenoxy) is 1. The molecule has 1 N–H and O–H groups in total. The van der Waals surface area contributed by atoms with Crippen LogP contribution < -0.4 is 5.32 Å². The normalized spacial score (nSPS) is 24.6. The van der Waals surface area contributed by atoms with Crippen LogP contribution in [-0.2, 0) is 9.53 Å². The summed E-state index contributed by atoms with van der Waals surface area (Å²) in [6, 6.07) is 5.34. The average Bonchev–Trinajstić information content (AvgIpc) is 2.49. The SMILES string of the molecule is C[C@H]1[C@H](C)CCC[C@H]1NC(=O)COC(=O)c1cccc(F)c1.